The number of urea groups is 2. The molecule has 3 atom stereocenters. The van der Waals surface area contributed by atoms with E-state index in [4.69, 9.17) is 0 Å². The second-order valence-electron chi connectivity index (χ2n) is 10.6. The first-order valence-electron chi connectivity index (χ1n) is 14.0. The van der Waals surface area contributed by atoms with Crippen molar-refractivity contribution in [3.05, 3.63) is 40.0 Å². The Labute approximate surface area is 282 Å². The van der Waals surface area contributed by atoms with Crippen LogP contribution in [0.15, 0.2) is 33.8 Å². The number of aryl methyl sites for hydroxylation is 1. The summed E-state index contributed by atoms with van der Waals surface area (Å²) in [5.74, 6) is -0.538. The second kappa shape index (κ2) is 12.0. The lowest BCUT2D eigenvalue weighted by Crippen LogP contribution is -2.75. The van der Waals surface area contributed by atoms with Crippen LogP contribution in [-0.2, 0) is 20.0 Å². The van der Waals surface area contributed by atoms with Crippen LogP contribution in [0.5, 0.6) is 5.75 Å². The molecule has 2 aromatic rings. The molecule has 1 aromatic heterocycles. The standard InChI is InChI=1S/C26H26N8O7S5/c1-11-30-31-24(46-11)45-10-12-9-44-19-16(18(36)33(19)17(12)20(37)38)28-21(39)26(29-23(41)32-5-4-27-22(32)40)13-2-3-15(35)14(8-13)34(26)25-42-6-7-43-25/h2-3,8,16,19,25,35H,4-7,9-10H2,1H3,(H,27,40)(H,28,39)(H,29,41)(H,37,38)/t16?,19-,26?/m0/s1. The monoisotopic (exact) mass is 722 g/mol. The Bertz CT molecular complexity index is 1700. The number of phenolic OH excluding ortho intramolecular Hbond substituents is 1. The van der Waals surface area contributed by atoms with E-state index in [1.54, 1.807) is 11.0 Å². The first kappa shape index (κ1) is 31.3. The third-order valence-corrected chi connectivity index (χ3v) is 14.3. The van der Waals surface area contributed by atoms with Gasteiger partial charge in [0.05, 0.1) is 5.69 Å². The predicted molar refractivity (Wildman–Crippen MR) is 175 cm³/mol. The fourth-order valence-electron chi connectivity index (χ4n) is 5.87. The Kier molecular flexibility index (Phi) is 8.18. The molecular formula is C26H26N8O7S5. The van der Waals surface area contributed by atoms with Crippen LogP contribution in [0.2, 0.25) is 0 Å². The highest BCUT2D eigenvalue weighted by atomic mass is 32.2. The maximum Gasteiger partial charge on any atom is 0.352 e. The maximum absolute atomic E-state index is 14.6. The van der Waals surface area contributed by atoms with Crippen LogP contribution in [0.1, 0.15) is 10.6 Å². The van der Waals surface area contributed by atoms with Gasteiger partial charge in [0, 0.05) is 41.7 Å². The molecule has 15 nitrogen and oxygen atoms in total. The Balaban J connectivity index is 1.18. The minimum absolute atomic E-state index is 0.0937. The van der Waals surface area contributed by atoms with Crippen LogP contribution in [0.4, 0.5) is 15.3 Å². The molecule has 46 heavy (non-hydrogen) atoms. The lowest BCUT2D eigenvalue weighted by molar-refractivity contribution is -0.151. The summed E-state index contributed by atoms with van der Waals surface area (Å²) in [4.78, 5) is 70.3. The van der Waals surface area contributed by atoms with E-state index in [2.05, 4.69) is 26.1 Å². The number of phenols is 1. The van der Waals surface area contributed by atoms with Crippen molar-refractivity contribution in [2.45, 2.75) is 33.0 Å². The van der Waals surface area contributed by atoms with Gasteiger partial charge >= 0.3 is 18.0 Å². The van der Waals surface area contributed by atoms with Gasteiger partial charge in [-0.05, 0) is 24.6 Å². The average Bonchev–Trinajstić information content (AvgIpc) is 3.84. The largest absolute Gasteiger partial charge is 0.506 e. The SMILES string of the molecule is Cc1nnc(SCC2=C(C(=O)O)N3C(=O)C(NC(=O)C4(NC(=O)N5CCNC5=O)c5ccc(O)c(c5)N4C4SCCS4)[C@@H]3SC2)s1. The number of aromatic nitrogens is 2. The van der Waals surface area contributed by atoms with Crippen LogP contribution in [0.3, 0.4) is 0 Å². The molecule has 0 radical (unpaired) electrons. The first-order valence-corrected chi connectivity index (χ1v) is 18.9. The van der Waals surface area contributed by atoms with E-state index in [1.165, 1.54) is 75.4 Å². The van der Waals surface area contributed by atoms with Gasteiger partial charge in [-0.2, -0.15) is 0 Å². The molecule has 20 heteroatoms. The molecule has 242 valence electrons. The van der Waals surface area contributed by atoms with Crippen molar-refractivity contribution >= 4 is 93.9 Å². The average molecular weight is 723 g/mol. The zero-order valence-corrected chi connectivity index (χ0v) is 28.0. The number of rotatable bonds is 8. The highest BCUT2D eigenvalue weighted by Gasteiger charge is 2.60. The Morgan fingerprint density at radius 3 is 2.63 bits per heavy atom. The second-order valence-corrected chi connectivity index (χ2v) is 16.8. The number of hydrogen-bond donors (Lipinski definition) is 5. The number of carbonyl (C=O) groups excluding carboxylic acids is 4. The van der Waals surface area contributed by atoms with Gasteiger partial charge in [-0.15, -0.1) is 45.5 Å². The minimum Gasteiger partial charge on any atom is -0.506 e. The summed E-state index contributed by atoms with van der Waals surface area (Å²) < 4.78 is 0.301. The van der Waals surface area contributed by atoms with Crippen molar-refractivity contribution in [1.29, 1.82) is 0 Å². The molecule has 1 aromatic carbocycles. The summed E-state index contributed by atoms with van der Waals surface area (Å²) in [5, 5.41) is 37.3. The van der Waals surface area contributed by atoms with Crippen LogP contribution < -0.4 is 20.9 Å². The third kappa shape index (κ3) is 5.04. The Morgan fingerprint density at radius 1 is 1.17 bits per heavy atom. The molecule has 5 aliphatic rings. The van der Waals surface area contributed by atoms with Crippen molar-refractivity contribution in [1.82, 2.24) is 35.9 Å². The van der Waals surface area contributed by atoms with E-state index in [9.17, 15) is 34.2 Å². The van der Waals surface area contributed by atoms with Crippen molar-refractivity contribution < 1.29 is 34.2 Å². The number of thioether (sulfide) groups is 4. The van der Waals surface area contributed by atoms with Gasteiger partial charge in [0.1, 0.15) is 32.6 Å². The van der Waals surface area contributed by atoms with Gasteiger partial charge in [0.2, 0.25) is 5.66 Å². The number of aliphatic carboxylic acids is 1. The number of nitrogens with one attached hydrogen (secondary N) is 3. The number of benzene rings is 1. The lowest BCUT2D eigenvalue weighted by atomic mass is 9.98. The third-order valence-electron chi connectivity index (χ3n) is 7.96. The quantitative estimate of drug-likeness (QED) is 0.194. The topological polar surface area (TPSA) is 197 Å². The summed E-state index contributed by atoms with van der Waals surface area (Å²) in [6.07, 6.45) is 0. The number of imide groups is 1. The molecule has 3 saturated heterocycles. The van der Waals surface area contributed by atoms with E-state index in [0.29, 0.717) is 32.7 Å². The van der Waals surface area contributed by atoms with Gasteiger partial charge in [0.25, 0.3) is 11.8 Å². The van der Waals surface area contributed by atoms with Gasteiger partial charge in [-0.3, -0.25) is 14.5 Å². The summed E-state index contributed by atoms with van der Waals surface area (Å²) in [6.45, 7) is 2.17. The van der Waals surface area contributed by atoms with E-state index in [1.807, 2.05) is 6.92 Å². The van der Waals surface area contributed by atoms with Crippen LogP contribution >= 0.6 is 58.4 Å². The molecule has 6 amide bonds. The Hall–Kier alpha value is -3.33. The van der Waals surface area contributed by atoms with Crippen molar-refractivity contribution in [3.8, 4) is 5.75 Å². The first-order chi connectivity index (χ1) is 22.1. The molecule has 0 spiro atoms. The number of β-lactam (4-membered cyclic amide) rings is 1. The van der Waals surface area contributed by atoms with Crippen molar-refractivity contribution in [2.75, 3.05) is 41.0 Å². The van der Waals surface area contributed by atoms with E-state index < -0.39 is 46.9 Å². The molecule has 0 saturated carbocycles. The molecule has 5 N–H and O–H groups in total. The summed E-state index contributed by atoms with van der Waals surface area (Å²) >= 11 is 7.14. The van der Waals surface area contributed by atoms with Crippen LogP contribution in [0.25, 0.3) is 0 Å². The van der Waals surface area contributed by atoms with E-state index in [0.717, 1.165) is 21.4 Å². The molecule has 7 rings (SSSR count). The lowest BCUT2D eigenvalue weighted by Gasteiger charge is -2.51. The number of anilines is 1. The zero-order chi connectivity index (χ0) is 32.3. The van der Waals surface area contributed by atoms with Crippen molar-refractivity contribution in [2.24, 2.45) is 0 Å². The number of hydrogen-bond acceptors (Lipinski definition) is 14. The molecule has 0 aliphatic carbocycles. The number of fused-ring (bicyclic) bond motifs is 3. The van der Waals surface area contributed by atoms with E-state index >= 15 is 0 Å². The van der Waals surface area contributed by atoms with E-state index in [-0.39, 0.29) is 29.2 Å². The zero-order valence-electron chi connectivity index (χ0n) is 23.9. The number of aromatic hydroxyl groups is 1. The number of amides is 6. The smallest absolute Gasteiger partial charge is 0.352 e. The summed E-state index contributed by atoms with van der Waals surface area (Å²) in [6, 6.07) is 2.05. The predicted octanol–water partition coefficient (Wildman–Crippen LogP) is 1.55. The summed E-state index contributed by atoms with van der Waals surface area (Å²) in [5.41, 5.74) is -0.812. The normalized spacial score (nSPS) is 25.5. The fourth-order valence-corrected chi connectivity index (χ4v) is 12.1. The molecule has 6 heterocycles. The molecule has 3 fully saturated rings. The highest BCUT2D eigenvalue weighted by molar-refractivity contribution is 8.20. The van der Waals surface area contributed by atoms with Gasteiger partial charge in [0.15, 0.2) is 4.34 Å². The Morgan fingerprint density at radius 2 is 1.96 bits per heavy atom. The highest BCUT2D eigenvalue weighted by Crippen LogP contribution is 2.52. The molecule has 5 aliphatic heterocycles. The molecule has 2 unspecified atom stereocenters. The van der Waals surface area contributed by atoms with Crippen LogP contribution in [0, 0.1) is 6.92 Å². The number of carboxylic acid groups (broad SMARTS) is 1. The fraction of sp³-hybridized carbons (Fsp3) is 0.423. The van der Waals surface area contributed by atoms with Crippen LogP contribution in [-0.4, -0.2) is 112 Å². The van der Waals surface area contributed by atoms with Gasteiger partial charge < -0.3 is 31.1 Å². The molecule has 2 bridgehead atoms. The minimum atomic E-state index is -1.92. The molecular weight excluding hydrogens is 697 g/mol. The van der Waals surface area contributed by atoms with Crippen molar-refractivity contribution in [3.63, 3.8) is 0 Å². The maximum atomic E-state index is 14.6. The van der Waals surface area contributed by atoms with Gasteiger partial charge in [-0.25, -0.2) is 19.3 Å². The number of carbonyl (C=O) groups is 5. The summed E-state index contributed by atoms with van der Waals surface area (Å²) in [7, 11) is 0. The number of carboxylic acids is 1. The number of nitrogens with zero attached hydrogens (tertiary/aromatic N) is 5. The van der Waals surface area contributed by atoms with Gasteiger partial charge in [-0.1, -0.05) is 29.2 Å².